The molecule has 1 rings (SSSR count). The minimum Gasteiger partial charge on any atom is -0.481 e. The van der Waals surface area contributed by atoms with E-state index in [1.165, 1.54) is 24.3 Å². The number of hydrogen-bond acceptors (Lipinski definition) is 4. The first-order valence-corrected chi connectivity index (χ1v) is 6.10. The molecule has 9 heteroatoms. The van der Waals surface area contributed by atoms with E-state index in [0.29, 0.717) is 5.02 Å². The van der Waals surface area contributed by atoms with Gasteiger partial charge in [0.05, 0.1) is 18.2 Å². The van der Waals surface area contributed by atoms with Crippen molar-refractivity contribution in [2.24, 2.45) is 16.1 Å². The maximum absolute atomic E-state index is 12.9. The molecule has 0 aliphatic rings. The molecule has 116 valence electrons. The molecule has 0 heterocycles. The molecule has 0 spiro atoms. The number of alkyl halides is 3. The second kappa shape index (κ2) is 6.40. The standard InChI is InChI=1S/C12H12ClF3N2O3/c1-7(10(19)20)11(21,12(14,15)16)6-17-18-9-4-2-8(13)3-5-9/h2-5,7,21H,6H2,1H3,(H,19,20). The van der Waals surface area contributed by atoms with Crippen LogP contribution in [-0.2, 0) is 4.79 Å². The molecule has 0 fully saturated rings. The summed E-state index contributed by atoms with van der Waals surface area (Å²) in [6, 6.07) is 5.76. The van der Waals surface area contributed by atoms with Crippen molar-refractivity contribution in [1.82, 2.24) is 0 Å². The van der Waals surface area contributed by atoms with Crippen molar-refractivity contribution in [3.05, 3.63) is 29.3 Å². The molecule has 2 N–H and O–H groups in total. The number of benzene rings is 1. The molecule has 0 saturated heterocycles. The van der Waals surface area contributed by atoms with Crippen LogP contribution in [0.1, 0.15) is 6.92 Å². The molecule has 5 nitrogen and oxygen atoms in total. The molecule has 0 amide bonds. The molecule has 0 aliphatic carbocycles. The van der Waals surface area contributed by atoms with Crippen LogP contribution in [0.15, 0.2) is 34.5 Å². The van der Waals surface area contributed by atoms with E-state index in [1.807, 2.05) is 0 Å². The largest absolute Gasteiger partial charge is 0.481 e. The third-order valence-electron chi connectivity index (χ3n) is 2.90. The van der Waals surface area contributed by atoms with Crippen LogP contribution >= 0.6 is 11.6 Å². The summed E-state index contributed by atoms with van der Waals surface area (Å²) in [5.41, 5.74) is -3.26. The summed E-state index contributed by atoms with van der Waals surface area (Å²) < 4.78 is 38.6. The summed E-state index contributed by atoms with van der Waals surface area (Å²) >= 11 is 5.63. The minimum absolute atomic E-state index is 0.229. The molecule has 0 aliphatic heterocycles. The Bertz CT molecular complexity index is 534. The third-order valence-corrected chi connectivity index (χ3v) is 3.15. The zero-order valence-corrected chi connectivity index (χ0v) is 11.6. The first-order chi connectivity index (χ1) is 9.58. The van der Waals surface area contributed by atoms with Crippen LogP contribution in [0.5, 0.6) is 0 Å². The fraction of sp³-hybridized carbons (Fsp3) is 0.417. The van der Waals surface area contributed by atoms with Crippen LogP contribution in [0.2, 0.25) is 5.02 Å². The van der Waals surface area contributed by atoms with Crippen molar-refractivity contribution < 1.29 is 28.2 Å². The number of aliphatic carboxylic acids is 1. The van der Waals surface area contributed by atoms with Crippen molar-refractivity contribution in [3.8, 4) is 0 Å². The number of carboxylic acids is 1. The van der Waals surface area contributed by atoms with Crippen molar-refractivity contribution >= 4 is 23.3 Å². The topological polar surface area (TPSA) is 82.2 Å². The van der Waals surface area contributed by atoms with Gasteiger partial charge in [-0.25, -0.2) is 0 Å². The summed E-state index contributed by atoms with van der Waals surface area (Å²) in [5.74, 6) is -3.86. The average molecular weight is 325 g/mol. The lowest BCUT2D eigenvalue weighted by molar-refractivity contribution is -0.272. The van der Waals surface area contributed by atoms with Crippen LogP contribution in [-0.4, -0.2) is 34.5 Å². The maximum atomic E-state index is 12.9. The van der Waals surface area contributed by atoms with Gasteiger partial charge in [-0.15, -0.1) is 0 Å². The highest BCUT2D eigenvalue weighted by atomic mass is 35.5. The normalized spacial score (nSPS) is 16.7. The number of nitrogens with zero attached hydrogens (tertiary/aromatic N) is 2. The highest BCUT2D eigenvalue weighted by Gasteiger charge is 2.59. The number of carboxylic acid groups (broad SMARTS) is 1. The molecule has 0 radical (unpaired) electrons. The van der Waals surface area contributed by atoms with E-state index >= 15 is 0 Å². The van der Waals surface area contributed by atoms with Crippen LogP contribution in [0.4, 0.5) is 18.9 Å². The quantitative estimate of drug-likeness (QED) is 0.814. The second-order valence-electron chi connectivity index (χ2n) is 4.36. The summed E-state index contributed by atoms with van der Waals surface area (Å²) in [6.07, 6.45) is -5.15. The number of aliphatic hydroxyl groups is 1. The van der Waals surface area contributed by atoms with E-state index in [4.69, 9.17) is 16.7 Å². The molecule has 21 heavy (non-hydrogen) atoms. The van der Waals surface area contributed by atoms with Crippen molar-refractivity contribution in [1.29, 1.82) is 0 Å². The first kappa shape index (κ1) is 17.4. The Balaban J connectivity index is 2.93. The molecule has 1 aromatic rings. The van der Waals surface area contributed by atoms with Gasteiger partial charge in [-0.1, -0.05) is 11.6 Å². The Hall–Kier alpha value is -1.67. The molecular weight excluding hydrogens is 313 g/mol. The van der Waals surface area contributed by atoms with Gasteiger partial charge in [-0.05, 0) is 31.2 Å². The van der Waals surface area contributed by atoms with Gasteiger partial charge in [-0.2, -0.15) is 23.4 Å². The molecule has 0 bridgehead atoms. The Morgan fingerprint density at radius 3 is 2.29 bits per heavy atom. The molecule has 0 aromatic heterocycles. The Kier molecular flexibility index (Phi) is 5.30. The predicted octanol–water partition coefficient (Wildman–Crippen LogP) is 3.44. The van der Waals surface area contributed by atoms with Crippen molar-refractivity contribution in [2.45, 2.75) is 18.7 Å². The van der Waals surface area contributed by atoms with E-state index in [9.17, 15) is 23.1 Å². The number of halogens is 4. The van der Waals surface area contributed by atoms with Crippen LogP contribution in [0.3, 0.4) is 0 Å². The number of carbonyl (C=O) groups is 1. The summed E-state index contributed by atoms with van der Waals surface area (Å²) in [5, 5.41) is 25.5. The van der Waals surface area contributed by atoms with E-state index in [2.05, 4.69) is 10.2 Å². The molecule has 1 aromatic carbocycles. The van der Waals surface area contributed by atoms with Gasteiger partial charge in [-0.3, -0.25) is 4.79 Å². The van der Waals surface area contributed by atoms with Crippen LogP contribution < -0.4 is 0 Å². The van der Waals surface area contributed by atoms with Gasteiger partial charge in [0.2, 0.25) is 0 Å². The van der Waals surface area contributed by atoms with E-state index < -0.39 is 30.2 Å². The number of azo groups is 1. The fourth-order valence-corrected chi connectivity index (χ4v) is 1.53. The first-order valence-electron chi connectivity index (χ1n) is 5.73. The van der Waals surface area contributed by atoms with Gasteiger partial charge in [0, 0.05) is 5.02 Å². The molecule has 2 atom stereocenters. The highest BCUT2D eigenvalue weighted by Crippen LogP contribution is 2.37. The van der Waals surface area contributed by atoms with Crippen molar-refractivity contribution in [2.75, 3.05) is 6.54 Å². The van der Waals surface area contributed by atoms with Crippen LogP contribution in [0, 0.1) is 5.92 Å². The predicted molar refractivity (Wildman–Crippen MR) is 68.6 cm³/mol. The number of rotatable bonds is 5. The summed E-state index contributed by atoms with van der Waals surface area (Å²) in [4.78, 5) is 10.7. The lowest BCUT2D eigenvalue weighted by Gasteiger charge is -2.31. The number of hydrogen-bond donors (Lipinski definition) is 2. The lowest BCUT2D eigenvalue weighted by Crippen LogP contribution is -2.55. The lowest BCUT2D eigenvalue weighted by atomic mass is 9.88. The van der Waals surface area contributed by atoms with Crippen molar-refractivity contribution in [3.63, 3.8) is 0 Å². The molecule has 0 saturated carbocycles. The minimum atomic E-state index is -5.15. The average Bonchev–Trinajstić information content (AvgIpc) is 2.38. The molecular formula is C12H12ClF3N2O3. The summed E-state index contributed by atoms with van der Waals surface area (Å²) in [6.45, 7) is -0.458. The van der Waals surface area contributed by atoms with E-state index in [1.54, 1.807) is 0 Å². The highest BCUT2D eigenvalue weighted by molar-refractivity contribution is 6.30. The zero-order chi connectivity index (χ0) is 16.3. The fourth-order valence-electron chi connectivity index (χ4n) is 1.41. The Morgan fingerprint density at radius 2 is 1.86 bits per heavy atom. The van der Waals surface area contributed by atoms with Gasteiger partial charge in [0.15, 0.2) is 5.60 Å². The van der Waals surface area contributed by atoms with Gasteiger partial charge >= 0.3 is 12.1 Å². The smallest absolute Gasteiger partial charge is 0.419 e. The third kappa shape index (κ3) is 4.15. The van der Waals surface area contributed by atoms with Gasteiger partial charge in [0.1, 0.15) is 0 Å². The SMILES string of the molecule is CC(C(=O)O)C(O)(CN=Nc1ccc(Cl)cc1)C(F)(F)F. The zero-order valence-electron chi connectivity index (χ0n) is 10.8. The Morgan fingerprint density at radius 1 is 1.33 bits per heavy atom. The van der Waals surface area contributed by atoms with Crippen LogP contribution in [0.25, 0.3) is 0 Å². The second-order valence-corrected chi connectivity index (χ2v) is 4.79. The maximum Gasteiger partial charge on any atom is 0.419 e. The van der Waals surface area contributed by atoms with E-state index in [0.717, 1.165) is 6.92 Å². The monoisotopic (exact) mass is 324 g/mol. The van der Waals surface area contributed by atoms with Gasteiger partial charge < -0.3 is 10.2 Å². The van der Waals surface area contributed by atoms with Gasteiger partial charge in [0.25, 0.3) is 0 Å². The Labute approximate surface area is 123 Å². The summed E-state index contributed by atoms with van der Waals surface area (Å²) in [7, 11) is 0. The van der Waals surface area contributed by atoms with E-state index in [-0.39, 0.29) is 5.69 Å². The molecule has 2 unspecified atom stereocenters.